The third-order valence-electron chi connectivity index (χ3n) is 4.17. The lowest BCUT2D eigenvalue weighted by Crippen LogP contribution is -2.44. The van der Waals surface area contributed by atoms with Gasteiger partial charge in [-0.1, -0.05) is 23.9 Å². The number of para-hydroxylation sites is 2. The van der Waals surface area contributed by atoms with E-state index in [1.807, 2.05) is 31.2 Å². The zero-order valence-electron chi connectivity index (χ0n) is 13.8. The molecule has 1 fully saturated rings. The fraction of sp³-hybridized carbons (Fsp3) is 0.529. The van der Waals surface area contributed by atoms with Gasteiger partial charge in [0.2, 0.25) is 5.91 Å². The van der Waals surface area contributed by atoms with Crippen molar-refractivity contribution < 1.29 is 19.1 Å². The highest BCUT2D eigenvalue weighted by Gasteiger charge is 2.26. The van der Waals surface area contributed by atoms with Gasteiger partial charge in [0.25, 0.3) is 5.24 Å². The maximum absolute atomic E-state index is 12.4. The van der Waals surface area contributed by atoms with Gasteiger partial charge in [-0.2, -0.15) is 0 Å². The van der Waals surface area contributed by atoms with Gasteiger partial charge in [-0.3, -0.25) is 9.59 Å². The van der Waals surface area contributed by atoms with Crippen molar-refractivity contribution in [2.75, 3.05) is 38.5 Å². The SMILES string of the molecule is CCN(CC1COc2ccccc2O1)C(=O)CCN1CCSC1=O. The van der Waals surface area contributed by atoms with Crippen LogP contribution in [-0.2, 0) is 4.79 Å². The summed E-state index contributed by atoms with van der Waals surface area (Å²) in [6.45, 7) is 4.72. The average Bonchev–Trinajstić information content (AvgIpc) is 3.02. The molecule has 2 aliphatic heterocycles. The molecule has 0 spiro atoms. The summed E-state index contributed by atoms with van der Waals surface area (Å²) in [6, 6.07) is 7.55. The van der Waals surface area contributed by atoms with E-state index in [0.717, 1.165) is 23.8 Å². The molecule has 130 valence electrons. The van der Waals surface area contributed by atoms with Crippen LogP contribution in [0.15, 0.2) is 24.3 Å². The van der Waals surface area contributed by atoms with Crippen LogP contribution in [0.3, 0.4) is 0 Å². The smallest absolute Gasteiger partial charge is 0.281 e. The number of hydrogen-bond acceptors (Lipinski definition) is 5. The second-order valence-corrected chi connectivity index (χ2v) is 6.83. The van der Waals surface area contributed by atoms with E-state index in [4.69, 9.17) is 9.47 Å². The summed E-state index contributed by atoms with van der Waals surface area (Å²) in [5.74, 6) is 2.33. The number of rotatable bonds is 6. The molecule has 24 heavy (non-hydrogen) atoms. The molecule has 0 radical (unpaired) electrons. The lowest BCUT2D eigenvalue weighted by Gasteiger charge is -2.31. The van der Waals surface area contributed by atoms with Gasteiger partial charge in [-0.25, -0.2) is 0 Å². The summed E-state index contributed by atoms with van der Waals surface area (Å²) in [5.41, 5.74) is 0. The molecular formula is C17H22N2O4S. The predicted molar refractivity (Wildman–Crippen MR) is 92.7 cm³/mol. The molecule has 0 aliphatic carbocycles. The molecule has 0 saturated carbocycles. The Kier molecular flexibility index (Phi) is 5.50. The molecule has 1 aromatic carbocycles. The summed E-state index contributed by atoms with van der Waals surface area (Å²) < 4.78 is 11.6. The zero-order chi connectivity index (χ0) is 16.9. The van der Waals surface area contributed by atoms with Crippen molar-refractivity contribution >= 4 is 22.9 Å². The van der Waals surface area contributed by atoms with Gasteiger partial charge in [-0.05, 0) is 19.1 Å². The highest BCUT2D eigenvalue weighted by atomic mass is 32.2. The lowest BCUT2D eigenvalue weighted by atomic mass is 10.2. The van der Waals surface area contributed by atoms with Gasteiger partial charge in [0, 0.05) is 31.8 Å². The fourth-order valence-corrected chi connectivity index (χ4v) is 3.68. The summed E-state index contributed by atoms with van der Waals surface area (Å²) in [5, 5.41) is 0.0754. The van der Waals surface area contributed by atoms with Crippen LogP contribution in [0.5, 0.6) is 11.5 Å². The minimum atomic E-state index is -0.173. The number of amides is 2. The first-order chi connectivity index (χ1) is 11.7. The number of nitrogens with zero attached hydrogens (tertiary/aromatic N) is 2. The van der Waals surface area contributed by atoms with Crippen LogP contribution in [0, 0.1) is 0 Å². The number of ether oxygens (including phenoxy) is 2. The number of thioether (sulfide) groups is 1. The third-order valence-corrected chi connectivity index (χ3v) is 5.06. The van der Waals surface area contributed by atoms with Crippen molar-refractivity contribution in [1.82, 2.24) is 9.80 Å². The fourth-order valence-electron chi connectivity index (χ4n) is 2.82. The molecule has 1 unspecified atom stereocenters. The highest BCUT2D eigenvalue weighted by Crippen LogP contribution is 2.31. The summed E-state index contributed by atoms with van der Waals surface area (Å²) in [4.78, 5) is 27.5. The van der Waals surface area contributed by atoms with Crippen molar-refractivity contribution in [3.8, 4) is 11.5 Å². The summed E-state index contributed by atoms with van der Waals surface area (Å²) in [7, 11) is 0. The first-order valence-electron chi connectivity index (χ1n) is 8.25. The second kappa shape index (κ2) is 7.79. The van der Waals surface area contributed by atoms with Crippen molar-refractivity contribution in [3.63, 3.8) is 0 Å². The molecule has 3 rings (SSSR count). The summed E-state index contributed by atoms with van der Waals surface area (Å²) >= 11 is 1.32. The normalized spacial score (nSPS) is 19.5. The Balaban J connectivity index is 1.51. The Hall–Kier alpha value is -1.89. The van der Waals surface area contributed by atoms with Gasteiger partial charge in [-0.15, -0.1) is 0 Å². The molecule has 1 atom stereocenters. The third kappa shape index (κ3) is 3.95. The quantitative estimate of drug-likeness (QED) is 0.787. The van der Waals surface area contributed by atoms with Gasteiger partial charge < -0.3 is 19.3 Å². The molecule has 7 heteroatoms. The van der Waals surface area contributed by atoms with Gasteiger partial charge in [0.15, 0.2) is 17.6 Å². The van der Waals surface area contributed by atoms with E-state index in [9.17, 15) is 9.59 Å². The van der Waals surface area contributed by atoms with E-state index in [-0.39, 0.29) is 17.3 Å². The van der Waals surface area contributed by atoms with E-state index in [1.165, 1.54) is 11.8 Å². The van der Waals surface area contributed by atoms with Crippen LogP contribution >= 0.6 is 11.8 Å². The standard InChI is InChI=1S/C17H22N2O4S/c1-2-18(16(20)7-8-19-9-10-24-17(19)21)11-13-12-22-14-5-3-4-6-15(14)23-13/h3-6,13H,2,7-12H2,1H3. The molecule has 2 amide bonds. The number of fused-ring (bicyclic) bond motifs is 1. The monoisotopic (exact) mass is 350 g/mol. The van der Waals surface area contributed by atoms with E-state index in [0.29, 0.717) is 32.7 Å². The van der Waals surface area contributed by atoms with Crippen LogP contribution < -0.4 is 9.47 Å². The molecular weight excluding hydrogens is 328 g/mol. The topological polar surface area (TPSA) is 59.1 Å². The predicted octanol–water partition coefficient (Wildman–Crippen LogP) is 2.23. The molecule has 2 aliphatic rings. The van der Waals surface area contributed by atoms with E-state index < -0.39 is 0 Å². The minimum absolute atomic E-state index is 0.0460. The Bertz CT molecular complexity index is 610. The Morgan fingerprint density at radius 2 is 2.17 bits per heavy atom. The number of hydrogen-bond donors (Lipinski definition) is 0. The van der Waals surface area contributed by atoms with Crippen molar-refractivity contribution in [1.29, 1.82) is 0 Å². The molecule has 2 heterocycles. The van der Waals surface area contributed by atoms with Crippen molar-refractivity contribution in [2.45, 2.75) is 19.4 Å². The lowest BCUT2D eigenvalue weighted by molar-refractivity contribution is -0.132. The van der Waals surface area contributed by atoms with E-state index in [1.54, 1.807) is 9.80 Å². The first-order valence-corrected chi connectivity index (χ1v) is 9.24. The maximum atomic E-state index is 12.4. The van der Waals surface area contributed by atoms with Crippen LogP contribution in [-0.4, -0.2) is 65.6 Å². The molecule has 1 saturated heterocycles. The van der Waals surface area contributed by atoms with Crippen LogP contribution in [0.4, 0.5) is 4.79 Å². The molecule has 6 nitrogen and oxygen atoms in total. The number of benzene rings is 1. The van der Waals surface area contributed by atoms with Crippen LogP contribution in [0.25, 0.3) is 0 Å². The van der Waals surface area contributed by atoms with Gasteiger partial charge >= 0.3 is 0 Å². The molecule has 0 N–H and O–H groups in total. The number of likely N-dealkylation sites (N-methyl/N-ethyl adjacent to an activating group) is 1. The zero-order valence-corrected chi connectivity index (χ0v) is 14.6. The maximum Gasteiger partial charge on any atom is 0.281 e. The number of carbonyl (C=O) groups excluding carboxylic acids is 2. The van der Waals surface area contributed by atoms with Crippen molar-refractivity contribution in [2.24, 2.45) is 0 Å². The van der Waals surface area contributed by atoms with Crippen LogP contribution in [0.1, 0.15) is 13.3 Å². The van der Waals surface area contributed by atoms with Gasteiger partial charge in [0.05, 0.1) is 6.54 Å². The average molecular weight is 350 g/mol. The van der Waals surface area contributed by atoms with Crippen LogP contribution in [0.2, 0.25) is 0 Å². The summed E-state index contributed by atoms with van der Waals surface area (Å²) in [6.07, 6.45) is 0.178. The molecule has 0 bridgehead atoms. The van der Waals surface area contributed by atoms with Gasteiger partial charge in [0.1, 0.15) is 6.61 Å². The van der Waals surface area contributed by atoms with E-state index in [2.05, 4.69) is 0 Å². The minimum Gasteiger partial charge on any atom is -0.486 e. The Labute approximate surface area is 146 Å². The second-order valence-electron chi connectivity index (χ2n) is 5.78. The Morgan fingerprint density at radius 3 is 2.88 bits per heavy atom. The molecule has 0 aromatic heterocycles. The Morgan fingerprint density at radius 1 is 1.38 bits per heavy atom. The van der Waals surface area contributed by atoms with Crippen molar-refractivity contribution in [3.05, 3.63) is 24.3 Å². The number of carbonyl (C=O) groups is 2. The first kappa shape index (κ1) is 17.0. The highest BCUT2D eigenvalue weighted by molar-refractivity contribution is 8.13. The molecule has 1 aromatic rings. The van der Waals surface area contributed by atoms with E-state index >= 15 is 0 Å². The largest absolute Gasteiger partial charge is 0.486 e.